The van der Waals surface area contributed by atoms with E-state index in [-0.39, 0.29) is 23.0 Å². The largest absolute Gasteiger partial charge is 0.478 e. The average molecular weight is 380 g/mol. The van der Waals surface area contributed by atoms with Crippen molar-refractivity contribution in [3.63, 3.8) is 0 Å². The molecule has 3 N–H and O–H groups in total. The van der Waals surface area contributed by atoms with Gasteiger partial charge in [-0.05, 0) is 30.5 Å². The molecule has 0 amide bonds. The van der Waals surface area contributed by atoms with Gasteiger partial charge in [-0.2, -0.15) is 0 Å². The first-order valence-electron chi connectivity index (χ1n) is 6.26. The Labute approximate surface area is 132 Å². The molecule has 0 aliphatic heterocycles. The van der Waals surface area contributed by atoms with Crippen LogP contribution in [0.2, 0.25) is 0 Å². The van der Waals surface area contributed by atoms with Crippen LogP contribution in [0, 0.1) is 12.8 Å². The van der Waals surface area contributed by atoms with Gasteiger partial charge in [-0.25, -0.2) is 17.9 Å². The number of carbonyl (C=O) groups is 1. The molecule has 0 heterocycles. The van der Waals surface area contributed by atoms with Crippen molar-refractivity contribution in [1.82, 2.24) is 4.72 Å². The van der Waals surface area contributed by atoms with Gasteiger partial charge in [0.2, 0.25) is 10.0 Å². The van der Waals surface area contributed by atoms with Crippen LogP contribution in [0.1, 0.15) is 29.8 Å². The molecular formula is C13H18BrNO5S. The van der Waals surface area contributed by atoms with E-state index in [0.717, 1.165) is 6.07 Å². The third-order valence-corrected chi connectivity index (χ3v) is 5.46. The van der Waals surface area contributed by atoms with Crippen molar-refractivity contribution in [2.45, 2.75) is 31.7 Å². The maximum atomic E-state index is 12.3. The molecule has 1 rings (SSSR count). The van der Waals surface area contributed by atoms with Crippen molar-refractivity contribution < 1.29 is 23.4 Å². The summed E-state index contributed by atoms with van der Waals surface area (Å²) in [6.07, 6.45) is 0. The number of aliphatic hydroxyl groups excluding tert-OH is 1. The summed E-state index contributed by atoms with van der Waals surface area (Å²) in [5.41, 5.74) is 0.360. The van der Waals surface area contributed by atoms with Crippen LogP contribution in [0.4, 0.5) is 0 Å². The molecule has 6 nitrogen and oxygen atoms in total. The first kappa shape index (κ1) is 18.1. The summed E-state index contributed by atoms with van der Waals surface area (Å²) in [6, 6.07) is 1.82. The quantitative estimate of drug-likeness (QED) is 0.698. The lowest BCUT2D eigenvalue weighted by atomic mass is 10.1. The molecule has 0 fully saturated rings. The molecule has 1 aromatic carbocycles. The number of carboxylic acids is 1. The lowest BCUT2D eigenvalue weighted by Crippen LogP contribution is -2.41. The maximum absolute atomic E-state index is 12.3. The monoisotopic (exact) mass is 379 g/mol. The van der Waals surface area contributed by atoms with E-state index in [4.69, 9.17) is 5.11 Å². The van der Waals surface area contributed by atoms with E-state index < -0.39 is 22.0 Å². The minimum Gasteiger partial charge on any atom is -0.478 e. The summed E-state index contributed by atoms with van der Waals surface area (Å²) in [4.78, 5) is 11.0. The summed E-state index contributed by atoms with van der Waals surface area (Å²) in [5.74, 6) is -1.30. The minimum atomic E-state index is -3.92. The Hall–Kier alpha value is -0.960. The van der Waals surface area contributed by atoms with Crippen molar-refractivity contribution in [2.75, 3.05) is 6.61 Å². The standard InChI is InChI=1S/C13H18BrNO5S/c1-7(2)12(6-16)15-21(19,20)9-4-10(13(17)18)8(3)11(14)5-9/h4-5,7,12,15-16H,6H2,1-3H3,(H,17,18). The van der Waals surface area contributed by atoms with E-state index in [1.807, 2.05) is 0 Å². The number of halogens is 1. The lowest BCUT2D eigenvalue weighted by Gasteiger charge is -2.20. The highest BCUT2D eigenvalue weighted by molar-refractivity contribution is 9.10. The third kappa shape index (κ3) is 4.26. The Balaban J connectivity index is 3.29. The first-order valence-corrected chi connectivity index (χ1v) is 8.54. The normalized spacial score (nSPS) is 13.4. The van der Waals surface area contributed by atoms with Crippen molar-refractivity contribution in [3.8, 4) is 0 Å². The molecule has 0 aliphatic carbocycles. The van der Waals surface area contributed by atoms with Crippen molar-refractivity contribution in [3.05, 3.63) is 27.7 Å². The van der Waals surface area contributed by atoms with Crippen LogP contribution >= 0.6 is 15.9 Å². The van der Waals surface area contributed by atoms with Crippen LogP contribution in [-0.4, -0.2) is 37.2 Å². The van der Waals surface area contributed by atoms with Crippen molar-refractivity contribution >= 4 is 31.9 Å². The molecular weight excluding hydrogens is 362 g/mol. The number of aliphatic hydroxyl groups is 1. The Morgan fingerprint density at radius 1 is 1.38 bits per heavy atom. The Morgan fingerprint density at radius 2 is 1.95 bits per heavy atom. The number of aromatic carboxylic acids is 1. The van der Waals surface area contributed by atoms with E-state index in [1.165, 1.54) is 6.07 Å². The zero-order valence-corrected chi connectivity index (χ0v) is 14.3. The molecule has 0 aliphatic rings. The van der Waals surface area contributed by atoms with Crippen LogP contribution < -0.4 is 4.72 Å². The molecule has 0 radical (unpaired) electrons. The first-order chi connectivity index (χ1) is 9.60. The molecule has 21 heavy (non-hydrogen) atoms. The van der Waals surface area contributed by atoms with E-state index in [0.29, 0.717) is 10.0 Å². The summed E-state index contributed by atoms with van der Waals surface area (Å²) in [6.45, 7) is 4.80. The number of hydrogen-bond donors (Lipinski definition) is 3. The predicted molar refractivity (Wildman–Crippen MR) is 81.9 cm³/mol. The van der Waals surface area contributed by atoms with Gasteiger partial charge in [-0.1, -0.05) is 29.8 Å². The summed E-state index contributed by atoms with van der Waals surface area (Å²) < 4.78 is 27.4. The highest BCUT2D eigenvalue weighted by Gasteiger charge is 2.24. The van der Waals surface area contributed by atoms with Crippen molar-refractivity contribution in [2.24, 2.45) is 5.92 Å². The second-order valence-corrected chi connectivity index (χ2v) is 7.61. The molecule has 0 saturated heterocycles. The van der Waals surface area contributed by atoms with Crippen LogP contribution in [0.5, 0.6) is 0 Å². The van der Waals surface area contributed by atoms with Crippen LogP contribution in [-0.2, 0) is 10.0 Å². The molecule has 0 spiro atoms. The Morgan fingerprint density at radius 3 is 2.38 bits per heavy atom. The van der Waals surface area contributed by atoms with Gasteiger partial charge >= 0.3 is 5.97 Å². The Kier molecular flexibility index (Phi) is 5.92. The number of carboxylic acid groups (broad SMARTS) is 1. The van der Waals surface area contributed by atoms with Crippen LogP contribution in [0.15, 0.2) is 21.5 Å². The highest BCUT2D eigenvalue weighted by Crippen LogP contribution is 2.25. The summed E-state index contributed by atoms with van der Waals surface area (Å²) in [5, 5.41) is 18.3. The van der Waals surface area contributed by atoms with Crippen LogP contribution in [0.25, 0.3) is 0 Å². The molecule has 1 atom stereocenters. The van der Waals surface area contributed by atoms with Gasteiger partial charge in [0.15, 0.2) is 0 Å². The van der Waals surface area contributed by atoms with Gasteiger partial charge in [-0.15, -0.1) is 0 Å². The molecule has 1 unspecified atom stereocenters. The van der Waals surface area contributed by atoms with E-state index in [2.05, 4.69) is 20.7 Å². The number of nitrogens with one attached hydrogen (secondary N) is 1. The molecule has 0 saturated carbocycles. The second-order valence-electron chi connectivity index (χ2n) is 5.04. The van der Waals surface area contributed by atoms with Gasteiger partial charge in [-0.3, -0.25) is 0 Å². The minimum absolute atomic E-state index is 0.0881. The smallest absolute Gasteiger partial charge is 0.336 e. The Bertz CT molecular complexity index is 642. The predicted octanol–water partition coefficient (Wildman–Crippen LogP) is 1.75. The lowest BCUT2D eigenvalue weighted by molar-refractivity contribution is 0.0695. The molecule has 118 valence electrons. The molecule has 0 bridgehead atoms. The fourth-order valence-electron chi connectivity index (χ4n) is 1.68. The van der Waals surface area contributed by atoms with Crippen molar-refractivity contribution in [1.29, 1.82) is 0 Å². The molecule has 0 aromatic heterocycles. The summed E-state index contributed by atoms with van der Waals surface area (Å²) in [7, 11) is -3.92. The van der Waals surface area contributed by atoms with Crippen LogP contribution in [0.3, 0.4) is 0 Å². The van der Waals surface area contributed by atoms with Gasteiger partial charge in [0.05, 0.1) is 17.1 Å². The van der Waals surface area contributed by atoms with Gasteiger partial charge in [0.25, 0.3) is 0 Å². The van der Waals surface area contributed by atoms with Gasteiger partial charge in [0, 0.05) is 10.5 Å². The van der Waals surface area contributed by atoms with E-state index in [1.54, 1.807) is 20.8 Å². The zero-order chi connectivity index (χ0) is 16.4. The van der Waals surface area contributed by atoms with E-state index in [9.17, 15) is 18.3 Å². The number of rotatable bonds is 6. The third-order valence-electron chi connectivity index (χ3n) is 3.17. The zero-order valence-electron chi connectivity index (χ0n) is 11.9. The highest BCUT2D eigenvalue weighted by atomic mass is 79.9. The SMILES string of the molecule is Cc1c(Br)cc(S(=O)(=O)NC(CO)C(C)C)cc1C(=O)O. The molecule has 1 aromatic rings. The molecule has 8 heteroatoms. The van der Waals surface area contributed by atoms with Gasteiger partial charge < -0.3 is 10.2 Å². The van der Waals surface area contributed by atoms with E-state index >= 15 is 0 Å². The number of benzene rings is 1. The fourth-order valence-corrected chi connectivity index (χ4v) is 3.72. The summed E-state index contributed by atoms with van der Waals surface area (Å²) >= 11 is 3.16. The van der Waals surface area contributed by atoms with Gasteiger partial charge in [0.1, 0.15) is 0 Å². The second kappa shape index (κ2) is 6.87. The number of hydrogen-bond acceptors (Lipinski definition) is 4. The topological polar surface area (TPSA) is 104 Å². The average Bonchev–Trinajstić information content (AvgIpc) is 2.38. The maximum Gasteiger partial charge on any atom is 0.336 e. The fraction of sp³-hybridized carbons (Fsp3) is 0.462. The number of sulfonamides is 1.